The fraction of sp³-hybridized carbons (Fsp3) is 0.333. The molecule has 27 heavy (non-hydrogen) atoms. The van der Waals surface area contributed by atoms with E-state index in [1.54, 1.807) is 0 Å². The van der Waals surface area contributed by atoms with Gasteiger partial charge in [-0.2, -0.15) is 0 Å². The molecule has 1 unspecified atom stereocenters. The monoisotopic (exact) mass is 367 g/mol. The summed E-state index contributed by atoms with van der Waals surface area (Å²) in [5.41, 5.74) is 1.96. The molecule has 0 fully saturated rings. The standard InChI is InChI=1S/C21H25N3O3/c1-16(2)23(13-17-9-5-3-6-10-17)14-19(25)15-24-20(22-27-21(24)26)18-11-7-4-8-12-18/h3-12,16,19,25H,13-15H2,1-2H3. The van der Waals surface area contributed by atoms with Crippen LogP contribution in [0.5, 0.6) is 0 Å². The zero-order valence-corrected chi connectivity index (χ0v) is 15.7. The first-order chi connectivity index (χ1) is 13.0. The Morgan fingerprint density at radius 1 is 1.07 bits per heavy atom. The average molecular weight is 367 g/mol. The van der Waals surface area contributed by atoms with Gasteiger partial charge in [-0.3, -0.25) is 14.0 Å². The first-order valence-electron chi connectivity index (χ1n) is 9.12. The maximum absolute atomic E-state index is 12.1. The van der Waals surface area contributed by atoms with Crippen molar-refractivity contribution in [1.82, 2.24) is 14.6 Å². The third-order valence-corrected chi connectivity index (χ3v) is 4.52. The molecule has 0 radical (unpaired) electrons. The highest BCUT2D eigenvalue weighted by Gasteiger charge is 2.20. The second kappa shape index (κ2) is 8.79. The van der Waals surface area contributed by atoms with Crippen LogP contribution in [0.15, 0.2) is 70.0 Å². The van der Waals surface area contributed by atoms with Crippen molar-refractivity contribution in [2.75, 3.05) is 6.54 Å². The first-order valence-corrected chi connectivity index (χ1v) is 9.12. The van der Waals surface area contributed by atoms with Crippen LogP contribution in [0.2, 0.25) is 0 Å². The molecule has 3 aromatic rings. The second-order valence-electron chi connectivity index (χ2n) is 6.91. The van der Waals surface area contributed by atoms with Gasteiger partial charge in [-0.25, -0.2) is 4.79 Å². The van der Waals surface area contributed by atoms with Crippen molar-refractivity contribution in [2.24, 2.45) is 0 Å². The van der Waals surface area contributed by atoms with Crippen LogP contribution in [0.1, 0.15) is 19.4 Å². The molecule has 0 spiro atoms. The number of nitrogens with zero attached hydrogens (tertiary/aromatic N) is 3. The van der Waals surface area contributed by atoms with E-state index in [4.69, 9.17) is 4.52 Å². The molecule has 2 aromatic carbocycles. The van der Waals surface area contributed by atoms with Crippen molar-refractivity contribution in [1.29, 1.82) is 0 Å². The van der Waals surface area contributed by atoms with Crippen LogP contribution in [0.4, 0.5) is 0 Å². The molecular formula is C21H25N3O3. The Labute approximate surface area is 158 Å². The molecule has 0 aliphatic carbocycles. The molecule has 1 heterocycles. The summed E-state index contributed by atoms with van der Waals surface area (Å²) in [6, 6.07) is 19.7. The van der Waals surface area contributed by atoms with Crippen LogP contribution in [-0.4, -0.2) is 38.4 Å². The summed E-state index contributed by atoms with van der Waals surface area (Å²) in [5.74, 6) is -0.133. The summed E-state index contributed by atoms with van der Waals surface area (Å²) in [4.78, 5) is 14.2. The summed E-state index contributed by atoms with van der Waals surface area (Å²) in [6.45, 7) is 5.50. The van der Waals surface area contributed by atoms with Gasteiger partial charge in [0.25, 0.3) is 0 Å². The van der Waals surface area contributed by atoms with Crippen molar-refractivity contribution in [3.8, 4) is 11.4 Å². The molecule has 0 saturated carbocycles. The van der Waals surface area contributed by atoms with Crippen molar-refractivity contribution in [3.05, 3.63) is 76.8 Å². The van der Waals surface area contributed by atoms with Crippen molar-refractivity contribution < 1.29 is 9.63 Å². The molecule has 142 valence electrons. The lowest BCUT2D eigenvalue weighted by Gasteiger charge is -2.29. The zero-order valence-electron chi connectivity index (χ0n) is 15.7. The number of aromatic nitrogens is 2. The Kier molecular flexibility index (Phi) is 6.21. The molecule has 0 bridgehead atoms. The lowest BCUT2D eigenvalue weighted by molar-refractivity contribution is 0.0776. The van der Waals surface area contributed by atoms with E-state index in [1.807, 2.05) is 48.5 Å². The average Bonchev–Trinajstić information content (AvgIpc) is 3.03. The van der Waals surface area contributed by atoms with Crippen LogP contribution in [0, 0.1) is 0 Å². The molecule has 3 rings (SSSR count). The minimum atomic E-state index is -0.726. The third-order valence-electron chi connectivity index (χ3n) is 4.52. The maximum Gasteiger partial charge on any atom is 0.441 e. The minimum Gasteiger partial charge on any atom is -0.390 e. The normalized spacial score (nSPS) is 12.6. The molecule has 0 aliphatic rings. The summed E-state index contributed by atoms with van der Waals surface area (Å²) < 4.78 is 6.22. The number of hydrogen-bond acceptors (Lipinski definition) is 5. The van der Waals surface area contributed by atoms with E-state index in [0.29, 0.717) is 12.4 Å². The minimum absolute atomic E-state index is 0.130. The Bertz CT molecular complexity index is 888. The second-order valence-corrected chi connectivity index (χ2v) is 6.91. The van der Waals surface area contributed by atoms with E-state index in [-0.39, 0.29) is 12.6 Å². The van der Waals surface area contributed by atoms with Gasteiger partial charge in [0.15, 0.2) is 5.82 Å². The molecule has 0 aliphatic heterocycles. The zero-order chi connectivity index (χ0) is 19.2. The number of hydrogen-bond donors (Lipinski definition) is 1. The Balaban J connectivity index is 1.72. The van der Waals surface area contributed by atoms with E-state index in [9.17, 15) is 9.90 Å². The summed E-state index contributed by atoms with van der Waals surface area (Å²) in [6.07, 6.45) is -0.726. The first kappa shape index (κ1) is 19.1. The van der Waals surface area contributed by atoms with Gasteiger partial charge in [-0.05, 0) is 19.4 Å². The van der Waals surface area contributed by atoms with Crippen LogP contribution in [0.25, 0.3) is 11.4 Å². The number of aliphatic hydroxyl groups excluding tert-OH is 1. The fourth-order valence-corrected chi connectivity index (χ4v) is 3.04. The molecule has 1 N–H and O–H groups in total. The topological polar surface area (TPSA) is 71.5 Å². The molecular weight excluding hydrogens is 342 g/mol. The van der Waals surface area contributed by atoms with E-state index in [2.05, 4.69) is 36.0 Å². The van der Waals surface area contributed by atoms with Gasteiger partial charge in [0.05, 0.1) is 12.6 Å². The van der Waals surface area contributed by atoms with Crippen LogP contribution in [-0.2, 0) is 13.1 Å². The molecule has 1 atom stereocenters. The molecule has 6 nitrogen and oxygen atoms in total. The van der Waals surface area contributed by atoms with Gasteiger partial charge in [0.2, 0.25) is 0 Å². The lowest BCUT2D eigenvalue weighted by atomic mass is 10.1. The number of benzene rings is 2. The quantitative estimate of drug-likeness (QED) is 0.663. The van der Waals surface area contributed by atoms with Crippen molar-refractivity contribution in [3.63, 3.8) is 0 Å². The summed E-state index contributed by atoms with van der Waals surface area (Å²) in [5, 5.41) is 14.5. The lowest BCUT2D eigenvalue weighted by Crippen LogP contribution is -2.39. The summed E-state index contributed by atoms with van der Waals surface area (Å²) >= 11 is 0. The predicted octanol–water partition coefficient (Wildman–Crippen LogP) is 2.77. The molecule has 6 heteroatoms. The van der Waals surface area contributed by atoms with Gasteiger partial charge >= 0.3 is 5.76 Å². The van der Waals surface area contributed by atoms with Gasteiger partial charge in [-0.15, -0.1) is 0 Å². The van der Waals surface area contributed by atoms with Crippen molar-refractivity contribution in [2.45, 2.75) is 39.1 Å². The molecule has 1 aromatic heterocycles. The van der Waals surface area contributed by atoms with Gasteiger partial charge in [0.1, 0.15) is 0 Å². The number of rotatable bonds is 8. The smallest absolute Gasteiger partial charge is 0.390 e. The Morgan fingerprint density at radius 3 is 2.33 bits per heavy atom. The predicted molar refractivity (Wildman–Crippen MR) is 104 cm³/mol. The SMILES string of the molecule is CC(C)N(Cc1ccccc1)CC(O)Cn1c(-c2ccccc2)noc1=O. The number of aliphatic hydroxyl groups is 1. The van der Waals surface area contributed by atoms with Crippen molar-refractivity contribution >= 4 is 0 Å². The highest BCUT2D eigenvalue weighted by Crippen LogP contribution is 2.16. The van der Waals surface area contributed by atoms with E-state index < -0.39 is 11.9 Å². The Morgan fingerprint density at radius 2 is 1.70 bits per heavy atom. The molecule has 0 amide bonds. The van der Waals surface area contributed by atoms with Gasteiger partial charge < -0.3 is 5.11 Å². The van der Waals surface area contributed by atoms with E-state index in [0.717, 1.165) is 12.1 Å². The van der Waals surface area contributed by atoms with E-state index in [1.165, 1.54) is 10.1 Å². The highest BCUT2D eigenvalue weighted by molar-refractivity contribution is 5.54. The van der Waals surface area contributed by atoms with Crippen LogP contribution < -0.4 is 5.76 Å². The fourth-order valence-electron chi connectivity index (χ4n) is 3.04. The van der Waals surface area contributed by atoms with Crippen LogP contribution in [0.3, 0.4) is 0 Å². The summed E-state index contributed by atoms with van der Waals surface area (Å²) in [7, 11) is 0. The third kappa shape index (κ3) is 4.93. The van der Waals surface area contributed by atoms with Gasteiger partial charge in [0, 0.05) is 24.7 Å². The maximum atomic E-state index is 12.1. The van der Waals surface area contributed by atoms with Crippen LogP contribution >= 0.6 is 0 Å². The largest absolute Gasteiger partial charge is 0.441 e. The molecule has 0 saturated heterocycles. The van der Waals surface area contributed by atoms with E-state index >= 15 is 0 Å². The highest BCUT2D eigenvalue weighted by atomic mass is 16.5. The van der Waals surface area contributed by atoms with Gasteiger partial charge in [-0.1, -0.05) is 65.8 Å². The Hall–Kier alpha value is -2.70.